The molecule has 0 N–H and O–H groups in total. The third kappa shape index (κ3) is 3.87. The Balaban J connectivity index is 1.43. The Hall–Kier alpha value is 0.0300. The van der Waals surface area contributed by atoms with E-state index in [1.165, 1.54) is 77.0 Å². The van der Waals surface area contributed by atoms with Crippen LogP contribution in [0.15, 0.2) is 11.6 Å². The van der Waals surface area contributed by atoms with E-state index < -0.39 is 0 Å². The normalized spacial score (nSPS) is 45.3. The molecular weight excluding hydrogens is 372 g/mol. The zero-order chi connectivity index (χ0) is 20.8. The van der Waals surface area contributed by atoms with Crippen LogP contribution in [0.1, 0.15) is 112 Å². The van der Waals surface area contributed by atoms with E-state index in [1.54, 1.807) is 5.57 Å². The van der Waals surface area contributed by atoms with Crippen molar-refractivity contribution in [1.82, 2.24) is 0 Å². The van der Waals surface area contributed by atoms with Crippen molar-refractivity contribution in [3.05, 3.63) is 11.6 Å². The number of fused-ring (bicyclic) bond motifs is 5. The summed E-state index contributed by atoms with van der Waals surface area (Å²) in [5, 5.41) is 0.397. The van der Waals surface area contributed by atoms with E-state index in [9.17, 15) is 0 Å². The molecule has 4 aliphatic rings. The maximum Gasteiger partial charge on any atom is 0.0373 e. The Labute approximate surface area is 186 Å². The van der Waals surface area contributed by atoms with Crippen LogP contribution in [0.2, 0.25) is 0 Å². The molecule has 3 fully saturated rings. The van der Waals surface area contributed by atoms with Crippen LogP contribution in [0.3, 0.4) is 0 Å². The molecule has 0 bridgehead atoms. The molecule has 0 heterocycles. The van der Waals surface area contributed by atoms with Crippen LogP contribution in [0.5, 0.6) is 0 Å². The summed E-state index contributed by atoms with van der Waals surface area (Å²) in [4.78, 5) is 0. The van der Waals surface area contributed by atoms with E-state index >= 15 is 0 Å². The van der Waals surface area contributed by atoms with Crippen LogP contribution in [-0.2, 0) is 0 Å². The minimum atomic E-state index is 0.397. The number of hydrogen-bond acceptors (Lipinski definition) is 0. The van der Waals surface area contributed by atoms with E-state index in [0.717, 1.165) is 35.5 Å². The number of hydrogen-bond donors (Lipinski definition) is 0. The second-order valence-electron chi connectivity index (χ2n) is 12.3. The van der Waals surface area contributed by atoms with Gasteiger partial charge in [0.2, 0.25) is 0 Å². The summed E-state index contributed by atoms with van der Waals surface area (Å²) in [6.07, 6.45) is 19.6. The summed E-state index contributed by atoms with van der Waals surface area (Å²) >= 11 is 6.56. The molecule has 166 valence electrons. The third-order valence-corrected chi connectivity index (χ3v) is 11.2. The minimum Gasteiger partial charge on any atom is -0.123 e. The van der Waals surface area contributed by atoms with Gasteiger partial charge in [0, 0.05) is 5.38 Å². The summed E-state index contributed by atoms with van der Waals surface area (Å²) in [7, 11) is 0. The lowest BCUT2D eigenvalue weighted by atomic mass is 9.47. The van der Waals surface area contributed by atoms with Crippen LogP contribution < -0.4 is 0 Å². The summed E-state index contributed by atoms with van der Waals surface area (Å²) in [6, 6.07) is 0. The number of rotatable bonds is 6. The Morgan fingerprint density at radius 1 is 1.07 bits per heavy atom. The maximum absolute atomic E-state index is 6.56. The fourth-order valence-corrected chi connectivity index (χ4v) is 9.11. The first-order chi connectivity index (χ1) is 13.8. The van der Waals surface area contributed by atoms with Gasteiger partial charge in [-0.15, -0.1) is 11.6 Å². The van der Waals surface area contributed by atoms with E-state index in [2.05, 4.69) is 40.7 Å². The van der Waals surface area contributed by atoms with E-state index in [0.29, 0.717) is 16.2 Å². The van der Waals surface area contributed by atoms with Crippen molar-refractivity contribution in [2.45, 2.75) is 117 Å². The molecule has 1 heteroatoms. The minimum absolute atomic E-state index is 0.397. The molecule has 4 rings (SSSR count). The summed E-state index contributed by atoms with van der Waals surface area (Å²) in [5.74, 6) is 5.67. The van der Waals surface area contributed by atoms with Crippen LogP contribution in [0, 0.1) is 46.3 Å². The highest BCUT2D eigenvalue weighted by Gasteiger charge is 2.58. The van der Waals surface area contributed by atoms with Crippen molar-refractivity contribution < 1.29 is 0 Å². The second kappa shape index (κ2) is 8.52. The lowest BCUT2D eigenvalue weighted by molar-refractivity contribution is -0.0424. The molecular formula is C28H47Cl. The van der Waals surface area contributed by atoms with Crippen LogP contribution >= 0.6 is 11.6 Å². The van der Waals surface area contributed by atoms with E-state index in [-0.39, 0.29) is 0 Å². The first-order valence-corrected chi connectivity index (χ1v) is 13.6. The topological polar surface area (TPSA) is 0 Å². The summed E-state index contributed by atoms with van der Waals surface area (Å²) in [6.45, 7) is 12.6. The smallest absolute Gasteiger partial charge is 0.0373 e. The average molecular weight is 419 g/mol. The predicted octanol–water partition coefficient (Wildman–Crippen LogP) is 9.03. The first kappa shape index (κ1) is 22.2. The van der Waals surface area contributed by atoms with E-state index in [4.69, 9.17) is 11.6 Å². The summed E-state index contributed by atoms with van der Waals surface area (Å²) < 4.78 is 0. The largest absolute Gasteiger partial charge is 0.123 e. The van der Waals surface area contributed by atoms with E-state index in [1.807, 2.05) is 0 Å². The molecule has 4 aliphatic carbocycles. The molecule has 3 saturated carbocycles. The maximum atomic E-state index is 6.56. The van der Waals surface area contributed by atoms with Gasteiger partial charge in [0.1, 0.15) is 0 Å². The van der Waals surface area contributed by atoms with Crippen molar-refractivity contribution >= 4 is 11.6 Å². The molecule has 0 spiro atoms. The SMILES string of the molecule is CCC(CCCC1CCC2C3CC=C4CC(Cl)CCC4(C)C3CCC12C)C(C)C. The number of allylic oxidation sites excluding steroid dienone is 2. The standard InChI is InChI=1S/C28H47Cl/c1-6-20(19(2)3)8-7-9-21-11-13-25-24-12-10-22-18-23(29)14-16-28(22,5)26(24)15-17-27(21,25)4/h10,19-21,23-26H,6-9,11-18H2,1-5H3. The van der Waals surface area contributed by atoms with Gasteiger partial charge >= 0.3 is 0 Å². The zero-order valence-electron chi connectivity index (χ0n) is 20.0. The van der Waals surface area contributed by atoms with Crippen LogP contribution in [0.25, 0.3) is 0 Å². The van der Waals surface area contributed by atoms with Crippen molar-refractivity contribution in [1.29, 1.82) is 0 Å². The predicted molar refractivity (Wildman–Crippen MR) is 127 cm³/mol. The van der Waals surface area contributed by atoms with Crippen molar-refractivity contribution in [2.75, 3.05) is 0 Å². The Morgan fingerprint density at radius 2 is 1.86 bits per heavy atom. The molecule has 0 saturated heterocycles. The highest BCUT2D eigenvalue weighted by atomic mass is 35.5. The lowest BCUT2D eigenvalue weighted by Gasteiger charge is -2.58. The van der Waals surface area contributed by atoms with Crippen LogP contribution in [-0.4, -0.2) is 5.38 Å². The molecule has 29 heavy (non-hydrogen) atoms. The Kier molecular flexibility index (Phi) is 6.53. The fourth-order valence-electron chi connectivity index (χ4n) is 8.83. The molecule has 0 amide bonds. The Morgan fingerprint density at radius 3 is 2.59 bits per heavy atom. The van der Waals surface area contributed by atoms with Gasteiger partial charge < -0.3 is 0 Å². The van der Waals surface area contributed by atoms with Crippen molar-refractivity contribution in [3.8, 4) is 0 Å². The molecule has 8 atom stereocenters. The fraction of sp³-hybridized carbons (Fsp3) is 0.929. The molecule has 0 aliphatic heterocycles. The number of halogens is 1. The van der Waals surface area contributed by atoms with Gasteiger partial charge in [0.25, 0.3) is 0 Å². The van der Waals surface area contributed by atoms with Gasteiger partial charge in [-0.1, -0.05) is 65.5 Å². The summed E-state index contributed by atoms with van der Waals surface area (Å²) in [5.41, 5.74) is 2.84. The van der Waals surface area contributed by atoms with Gasteiger partial charge in [-0.3, -0.25) is 0 Å². The average Bonchev–Trinajstić information content (AvgIpc) is 3.02. The molecule has 0 aromatic rings. The van der Waals surface area contributed by atoms with Gasteiger partial charge in [-0.25, -0.2) is 0 Å². The molecule has 0 radical (unpaired) electrons. The lowest BCUT2D eigenvalue weighted by Crippen LogP contribution is -2.50. The molecule has 0 nitrogen and oxygen atoms in total. The molecule has 0 aromatic heterocycles. The molecule has 0 aromatic carbocycles. The van der Waals surface area contributed by atoms with Crippen molar-refractivity contribution in [3.63, 3.8) is 0 Å². The molecule has 8 unspecified atom stereocenters. The first-order valence-electron chi connectivity index (χ1n) is 13.1. The highest BCUT2D eigenvalue weighted by Crippen LogP contribution is 2.66. The van der Waals surface area contributed by atoms with Gasteiger partial charge in [-0.05, 0) is 104 Å². The van der Waals surface area contributed by atoms with Crippen LogP contribution in [0.4, 0.5) is 0 Å². The monoisotopic (exact) mass is 418 g/mol. The van der Waals surface area contributed by atoms with Crippen molar-refractivity contribution in [2.24, 2.45) is 46.3 Å². The highest BCUT2D eigenvalue weighted by molar-refractivity contribution is 6.20. The van der Waals surface area contributed by atoms with Gasteiger partial charge in [0.05, 0.1) is 0 Å². The van der Waals surface area contributed by atoms with Gasteiger partial charge in [0.15, 0.2) is 0 Å². The van der Waals surface area contributed by atoms with Gasteiger partial charge in [-0.2, -0.15) is 0 Å². The third-order valence-electron chi connectivity index (χ3n) is 10.8. The number of alkyl halides is 1. The Bertz CT molecular complexity index is 605. The zero-order valence-corrected chi connectivity index (χ0v) is 20.7. The second-order valence-corrected chi connectivity index (χ2v) is 12.9. The quantitative estimate of drug-likeness (QED) is 0.298.